The topological polar surface area (TPSA) is 12.5 Å². The molecule has 8 aromatic rings. The molecule has 8 aromatic carbocycles. The molecular weight excluding hydrogens is 631 g/mol. The average molecular weight is 666 g/mol. The maximum absolute atomic E-state index is 6.32. The molecule has 0 aromatic heterocycles. The van der Waals surface area contributed by atoms with Crippen LogP contribution in [0.25, 0.3) is 54.9 Å². The van der Waals surface area contributed by atoms with Gasteiger partial charge in [0, 0.05) is 28.1 Å². The zero-order valence-electron chi connectivity index (χ0n) is 28.6. The Bertz CT molecular complexity index is 2670. The van der Waals surface area contributed by atoms with E-state index in [2.05, 4.69) is 205 Å². The number of hydrogen-bond acceptors (Lipinski definition) is 2. The summed E-state index contributed by atoms with van der Waals surface area (Å²) in [6, 6.07) is 63.8. The SMILES string of the molecule is C1=CC2Oc3ccc(-c4ccccc4N(c4cccc(-c5ccc(-c6cccc7ccccc67)cc5)c4)c4cccc5ccccc45)cc3C2C=C1. The zero-order valence-corrected chi connectivity index (χ0v) is 28.6. The van der Waals surface area contributed by atoms with Gasteiger partial charge in [-0.1, -0.05) is 158 Å². The number of fused-ring (bicyclic) bond motifs is 5. The minimum absolute atomic E-state index is 0.0570. The molecule has 0 amide bonds. The van der Waals surface area contributed by atoms with Gasteiger partial charge in [-0.3, -0.25) is 0 Å². The van der Waals surface area contributed by atoms with Crippen LogP contribution >= 0.6 is 0 Å². The van der Waals surface area contributed by atoms with Gasteiger partial charge in [0.2, 0.25) is 0 Å². The Kier molecular flexibility index (Phi) is 7.32. The van der Waals surface area contributed by atoms with Gasteiger partial charge in [-0.25, -0.2) is 0 Å². The van der Waals surface area contributed by atoms with E-state index in [1.165, 1.54) is 60.5 Å². The lowest BCUT2D eigenvalue weighted by molar-refractivity contribution is 0.269. The number of allylic oxidation sites excluding steroid dienone is 2. The Labute approximate surface area is 304 Å². The lowest BCUT2D eigenvalue weighted by Gasteiger charge is -2.29. The number of anilines is 3. The summed E-state index contributed by atoms with van der Waals surface area (Å²) in [6.07, 6.45) is 8.69. The molecule has 0 saturated carbocycles. The van der Waals surface area contributed by atoms with Gasteiger partial charge in [0.05, 0.1) is 11.4 Å². The highest BCUT2D eigenvalue weighted by atomic mass is 16.5. The van der Waals surface area contributed by atoms with E-state index in [0.717, 1.165) is 22.8 Å². The van der Waals surface area contributed by atoms with Crippen molar-refractivity contribution in [1.82, 2.24) is 0 Å². The summed E-state index contributed by atoms with van der Waals surface area (Å²) in [5.74, 6) is 1.20. The monoisotopic (exact) mass is 665 g/mol. The first kappa shape index (κ1) is 30.2. The van der Waals surface area contributed by atoms with Crippen LogP contribution in [0.15, 0.2) is 200 Å². The van der Waals surface area contributed by atoms with Crippen molar-refractivity contribution in [2.45, 2.75) is 12.0 Å². The van der Waals surface area contributed by atoms with E-state index < -0.39 is 0 Å². The predicted octanol–water partition coefficient (Wildman–Crippen LogP) is 13.4. The highest BCUT2D eigenvalue weighted by Crippen LogP contribution is 2.47. The molecule has 0 N–H and O–H groups in total. The standard InChI is InChI=1S/C50H35NO/c1-3-18-41-35(12-1)14-10-22-42(41)37-28-26-34(27-29-37)38-16-9-17-40(32-38)51(48-24-11-15-36-13-2-4-19-43(36)48)47-23-7-5-20-44(47)39-30-31-50-46(33-39)45-21-6-8-25-49(45)52-50/h1-33,45,49H. The molecule has 1 heterocycles. The molecule has 2 atom stereocenters. The molecule has 0 bridgehead atoms. The van der Waals surface area contributed by atoms with Crippen LogP contribution in [0.4, 0.5) is 17.1 Å². The largest absolute Gasteiger partial charge is 0.485 e. The minimum atomic E-state index is 0.0570. The van der Waals surface area contributed by atoms with E-state index in [1.807, 2.05) is 0 Å². The molecule has 2 unspecified atom stereocenters. The number of rotatable bonds is 6. The van der Waals surface area contributed by atoms with Crippen LogP contribution in [0.5, 0.6) is 5.75 Å². The summed E-state index contributed by atoms with van der Waals surface area (Å²) in [5.41, 5.74) is 11.8. The Hall–Kier alpha value is -6.64. The molecular formula is C50H35NO. The predicted molar refractivity (Wildman–Crippen MR) is 218 cm³/mol. The number of nitrogens with zero attached hydrogens (tertiary/aromatic N) is 1. The molecule has 0 spiro atoms. The van der Waals surface area contributed by atoms with Gasteiger partial charge in [-0.05, 0) is 86.5 Å². The highest BCUT2D eigenvalue weighted by molar-refractivity contribution is 6.01. The van der Waals surface area contributed by atoms with Gasteiger partial charge < -0.3 is 9.64 Å². The Balaban J connectivity index is 1.10. The van der Waals surface area contributed by atoms with Crippen molar-refractivity contribution in [3.63, 3.8) is 0 Å². The summed E-state index contributed by atoms with van der Waals surface area (Å²) in [5, 5.41) is 4.94. The van der Waals surface area contributed by atoms with E-state index in [-0.39, 0.29) is 12.0 Å². The zero-order chi connectivity index (χ0) is 34.4. The van der Waals surface area contributed by atoms with Crippen LogP contribution in [0.3, 0.4) is 0 Å². The molecule has 246 valence electrons. The fourth-order valence-corrected chi connectivity index (χ4v) is 8.08. The quantitative estimate of drug-likeness (QED) is 0.175. The van der Waals surface area contributed by atoms with Crippen LogP contribution < -0.4 is 9.64 Å². The number of benzene rings is 8. The van der Waals surface area contributed by atoms with Crippen molar-refractivity contribution in [2.24, 2.45) is 0 Å². The van der Waals surface area contributed by atoms with Gasteiger partial charge in [0.1, 0.15) is 11.9 Å². The van der Waals surface area contributed by atoms with E-state index in [1.54, 1.807) is 0 Å². The van der Waals surface area contributed by atoms with Gasteiger partial charge >= 0.3 is 0 Å². The third kappa shape index (κ3) is 5.20. The van der Waals surface area contributed by atoms with Gasteiger partial charge in [-0.2, -0.15) is 0 Å². The summed E-state index contributed by atoms with van der Waals surface area (Å²) in [7, 11) is 0. The van der Waals surface area contributed by atoms with Gasteiger partial charge in [-0.15, -0.1) is 0 Å². The molecule has 0 radical (unpaired) electrons. The minimum Gasteiger partial charge on any atom is -0.485 e. The average Bonchev–Trinajstić information content (AvgIpc) is 3.59. The maximum Gasteiger partial charge on any atom is 0.128 e. The molecule has 1 aliphatic carbocycles. The second-order valence-corrected chi connectivity index (χ2v) is 13.6. The van der Waals surface area contributed by atoms with Crippen LogP contribution in [-0.2, 0) is 0 Å². The van der Waals surface area contributed by atoms with E-state index in [9.17, 15) is 0 Å². The first-order valence-corrected chi connectivity index (χ1v) is 18.0. The second-order valence-electron chi connectivity index (χ2n) is 13.6. The van der Waals surface area contributed by atoms with Crippen LogP contribution in [0.2, 0.25) is 0 Å². The van der Waals surface area contributed by atoms with Crippen molar-refractivity contribution in [3.8, 4) is 39.1 Å². The smallest absolute Gasteiger partial charge is 0.128 e. The molecule has 52 heavy (non-hydrogen) atoms. The Morgan fingerprint density at radius 2 is 1.06 bits per heavy atom. The highest BCUT2D eigenvalue weighted by Gasteiger charge is 2.32. The molecule has 2 heteroatoms. The molecule has 0 saturated heterocycles. The van der Waals surface area contributed by atoms with Crippen LogP contribution in [-0.4, -0.2) is 6.10 Å². The number of para-hydroxylation sites is 1. The van der Waals surface area contributed by atoms with E-state index in [0.29, 0.717) is 0 Å². The maximum atomic E-state index is 6.32. The fourth-order valence-electron chi connectivity index (χ4n) is 8.08. The molecule has 2 aliphatic rings. The molecule has 2 nitrogen and oxygen atoms in total. The van der Waals surface area contributed by atoms with Crippen LogP contribution in [0.1, 0.15) is 11.5 Å². The normalized spacial score (nSPS) is 15.7. The fraction of sp³-hybridized carbons (Fsp3) is 0.0400. The molecule has 1 aliphatic heterocycles. The Morgan fingerprint density at radius 3 is 1.94 bits per heavy atom. The molecule has 0 fully saturated rings. The third-order valence-electron chi connectivity index (χ3n) is 10.6. The third-order valence-corrected chi connectivity index (χ3v) is 10.6. The van der Waals surface area contributed by atoms with Gasteiger partial charge in [0.15, 0.2) is 0 Å². The van der Waals surface area contributed by atoms with Crippen molar-refractivity contribution in [2.75, 3.05) is 4.90 Å². The van der Waals surface area contributed by atoms with Gasteiger partial charge in [0.25, 0.3) is 0 Å². The van der Waals surface area contributed by atoms with Crippen molar-refractivity contribution >= 4 is 38.6 Å². The summed E-state index contributed by atoms with van der Waals surface area (Å²) in [4.78, 5) is 2.43. The second kappa shape index (κ2) is 12.6. The van der Waals surface area contributed by atoms with E-state index in [4.69, 9.17) is 4.74 Å². The number of ether oxygens (including phenoxy) is 1. The van der Waals surface area contributed by atoms with Crippen molar-refractivity contribution in [1.29, 1.82) is 0 Å². The lowest BCUT2D eigenvalue weighted by Crippen LogP contribution is -2.15. The van der Waals surface area contributed by atoms with Crippen molar-refractivity contribution < 1.29 is 4.74 Å². The Morgan fingerprint density at radius 1 is 0.423 bits per heavy atom. The first-order valence-electron chi connectivity index (χ1n) is 18.0. The number of hydrogen-bond donors (Lipinski definition) is 0. The molecule has 10 rings (SSSR count). The first-order chi connectivity index (χ1) is 25.8. The van der Waals surface area contributed by atoms with Crippen LogP contribution in [0, 0.1) is 0 Å². The lowest BCUT2D eigenvalue weighted by atomic mass is 9.89. The summed E-state index contributed by atoms with van der Waals surface area (Å²) >= 11 is 0. The van der Waals surface area contributed by atoms with E-state index >= 15 is 0 Å². The summed E-state index contributed by atoms with van der Waals surface area (Å²) < 4.78 is 6.32. The van der Waals surface area contributed by atoms with Crippen molar-refractivity contribution in [3.05, 3.63) is 206 Å². The summed E-state index contributed by atoms with van der Waals surface area (Å²) in [6.45, 7) is 0.